The summed E-state index contributed by atoms with van der Waals surface area (Å²) in [6, 6.07) is 0.417. The van der Waals surface area contributed by atoms with Crippen molar-refractivity contribution < 1.29 is 4.74 Å². The normalized spacial score (nSPS) is 11.7. The van der Waals surface area contributed by atoms with E-state index in [0.29, 0.717) is 25.1 Å². The lowest BCUT2D eigenvalue weighted by molar-refractivity contribution is 0.351. The lowest BCUT2D eigenvalue weighted by Gasteiger charge is -2.14. The Labute approximate surface area is 116 Å². The fourth-order valence-electron chi connectivity index (χ4n) is 1.48. The van der Waals surface area contributed by atoms with E-state index in [4.69, 9.17) is 4.74 Å². The van der Waals surface area contributed by atoms with Gasteiger partial charge in [0.05, 0.1) is 11.9 Å². The second-order valence-electron chi connectivity index (χ2n) is 5.11. The Morgan fingerprint density at radius 1 is 1.32 bits per heavy atom. The zero-order valence-electron chi connectivity index (χ0n) is 12.6. The molecule has 19 heavy (non-hydrogen) atoms. The van der Waals surface area contributed by atoms with Crippen LogP contribution in [0.25, 0.3) is 0 Å². The Morgan fingerprint density at radius 2 is 2.05 bits per heavy atom. The zero-order valence-corrected chi connectivity index (χ0v) is 12.6. The molecule has 0 atom stereocenters. The summed E-state index contributed by atoms with van der Waals surface area (Å²) in [5, 5.41) is 3.37. The first-order valence-electron chi connectivity index (χ1n) is 6.87. The van der Waals surface area contributed by atoms with Crippen LogP contribution < -0.4 is 10.1 Å². The summed E-state index contributed by atoms with van der Waals surface area (Å²) in [6.45, 7) is 11.6. The van der Waals surface area contributed by atoms with Gasteiger partial charge in [0.25, 0.3) is 0 Å². The topological polar surface area (TPSA) is 47.0 Å². The van der Waals surface area contributed by atoms with Crippen molar-refractivity contribution >= 4 is 0 Å². The van der Waals surface area contributed by atoms with Crippen molar-refractivity contribution in [3.8, 4) is 5.75 Å². The molecule has 0 aliphatic heterocycles. The molecule has 1 heterocycles. The maximum atomic E-state index is 5.69. The Morgan fingerprint density at radius 3 is 2.63 bits per heavy atom. The average Bonchev–Trinajstić information content (AvgIpc) is 2.37. The summed E-state index contributed by atoms with van der Waals surface area (Å²) in [5.74, 6) is 1.94. The summed E-state index contributed by atoms with van der Waals surface area (Å²) >= 11 is 0. The third-order valence-electron chi connectivity index (χ3n) is 2.61. The molecule has 1 N–H and O–H groups in total. The number of nitrogens with zero attached hydrogens (tertiary/aromatic N) is 2. The van der Waals surface area contributed by atoms with Gasteiger partial charge in [0.15, 0.2) is 5.75 Å². The molecule has 0 radical (unpaired) electrons. The molecular weight excluding hydrogens is 238 g/mol. The molecule has 0 aliphatic rings. The first-order chi connectivity index (χ1) is 9.04. The van der Waals surface area contributed by atoms with Gasteiger partial charge in [0, 0.05) is 18.5 Å². The molecular formula is C15H25N3O. The number of ether oxygens (including phenoxy) is 1. The van der Waals surface area contributed by atoms with Crippen LogP contribution in [0.3, 0.4) is 0 Å². The van der Waals surface area contributed by atoms with Crippen molar-refractivity contribution in [1.82, 2.24) is 15.3 Å². The lowest BCUT2D eigenvalue weighted by atomic mass is 10.2. The van der Waals surface area contributed by atoms with E-state index in [1.807, 2.05) is 19.1 Å². The Bertz CT molecular complexity index is 414. The standard InChI is InChI=1S/C15H25N3O/c1-6-7-8-19-14-10-17-15(11(2)3)18-13(14)9-16-12(4)5/h6-7,10-12,16H,8-9H2,1-5H3. The van der Waals surface area contributed by atoms with Gasteiger partial charge in [-0.25, -0.2) is 9.97 Å². The second kappa shape index (κ2) is 7.89. The summed E-state index contributed by atoms with van der Waals surface area (Å²) in [5.41, 5.74) is 0.928. The molecule has 0 saturated heterocycles. The fourth-order valence-corrected chi connectivity index (χ4v) is 1.48. The van der Waals surface area contributed by atoms with Crippen LogP contribution in [0, 0.1) is 0 Å². The van der Waals surface area contributed by atoms with E-state index in [0.717, 1.165) is 17.3 Å². The molecule has 1 aromatic rings. The molecule has 4 heteroatoms. The molecule has 0 amide bonds. The van der Waals surface area contributed by atoms with Crippen molar-refractivity contribution in [2.75, 3.05) is 6.61 Å². The predicted molar refractivity (Wildman–Crippen MR) is 78.4 cm³/mol. The number of hydrogen-bond donors (Lipinski definition) is 1. The Kier molecular flexibility index (Phi) is 6.50. The minimum Gasteiger partial charge on any atom is -0.486 e. The van der Waals surface area contributed by atoms with Crippen molar-refractivity contribution in [2.45, 2.75) is 53.1 Å². The van der Waals surface area contributed by atoms with E-state index in [9.17, 15) is 0 Å². The minimum atomic E-state index is 0.322. The van der Waals surface area contributed by atoms with Gasteiger partial charge >= 0.3 is 0 Å². The van der Waals surface area contributed by atoms with Crippen LogP contribution in [0.5, 0.6) is 5.75 Å². The highest BCUT2D eigenvalue weighted by molar-refractivity contribution is 5.25. The molecule has 0 fully saturated rings. The van der Waals surface area contributed by atoms with Crippen molar-refractivity contribution in [1.29, 1.82) is 0 Å². The van der Waals surface area contributed by atoms with Gasteiger partial charge in [-0.15, -0.1) is 0 Å². The monoisotopic (exact) mass is 263 g/mol. The third kappa shape index (κ3) is 5.39. The van der Waals surface area contributed by atoms with Gasteiger partial charge in [0.1, 0.15) is 12.4 Å². The Hall–Kier alpha value is -1.42. The second-order valence-corrected chi connectivity index (χ2v) is 5.11. The molecule has 0 aliphatic carbocycles. The quantitative estimate of drug-likeness (QED) is 0.768. The Balaban J connectivity index is 2.87. The molecule has 0 spiro atoms. The molecule has 0 unspecified atom stereocenters. The van der Waals surface area contributed by atoms with Crippen LogP contribution in [0.15, 0.2) is 18.3 Å². The van der Waals surface area contributed by atoms with Crippen LogP contribution in [0.2, 0.25) is 0 Å². The molecule has 0 bridgehead atoms. The summed E-state index contributed by atoms with van der Waals surface area (Å²) in [6.07, 6.45) is 5.72. The van der Waals surface area contributed by atoms with E-state index in [1.54, 1.807) is 6.20 Å². The molecule has 0 aromatic carbocycles. The lowest BCUT2D eigenvalue weighted by Crippen LogP contribution is -2.23. The smallest absolute Gasteiger partial charge is 0.160 e. The van der Waals surface area contributed by atoms with Crippen LogP contribution in [-0.2, 0) is 6.54 Å². The van der Waals surface area contributed by atoms with E-state index in [-0.39, 0.29) is 0 Å². The first kappa shape index (κ1) is 15.6. The van der Waals surface area contributed by atoms with Crippen LogP contribution in [-0.4, -0.2) is 22.6 Å². The highest BCUT2D eigenvalue weighted by atomic mass is 16.5. The van der Waals surface area contributed by atoms with Crippen molar-refractivity contribution in [2.24, 2.45) is 0 Å². The number of rotatable bonds is 7. The van der Waals surface area contributed by atoms with Crippen LogP contribution in [0.1, 0.15) is 52.1 Å². The number of aromatic nitrogens is 2. The van der Waals surface area contributed by atoms with Crippen LogP contribution in [0.4, 0.5) is 0 Å². The number of hydrogen-bond acceptors (Lipinski definition) is 4. The molecule has 1 rings (SSSR count). The third-order valence-corrected chi connectivity index (χ3v) is 2.61. The maximum Gasteiger partial charge on any atom is 0.160 e. The molecule has 4 nitrogen and oxygen atoms in total. The zero-order chi connectivity index (χ0) is 14.3. The summed E-state index contributed by atoms with van der Waals surface area (Å²) in [4.78, 5) is 8.96. The summed E-state index contributed by atoms with van der Waals surface area (Å²) < 4.78 is 5.69. The minimum absolute atomic E-state index is 0.322. The van der Waals surface area contributed by atoms with Gasteiger partial charge in [0.2, 0.25) is 0 Å². The highest BCUT2D eigenvalue weighted by Gasteiger charge is 2.10. The SMILES string of the molecule is CC=CCOc1cnc(C(C)C)nc1CNC(C)C. The predicted octanol–water partition coefficient (Wildman–Crippen LogP) is 3.05. The molecule has 106 valence electrons. The molecule has 0 saturated carbocycles. The van der Waals surface area contributed by atoms with E-state index >= 15 is 0 Å². The van der Waals surface area contributed by atoms with Gasteiger partial charge < -0.3 is 10.1 Å². The largest absolute Gasteiger partial charge is 0.486 e. The maximum absolute atomic E-state index is 5.69. The van der Waals surface area contributed by atoms with Crippen molar-refractivity contribution in [3.63, 3.8) is 0 Å². The van der Waals surface area contributed by atoms with Crippen molar-refractivity contribution in [3.05, 3.63) is 29.9 Å². The number of nitrogens with one attached hydrogen (secondary N) is 1. The van der Waals surface area contributed by atoms with Gasteiger partial charge in [-0.2, -0.15) is 0 Å². The van der Waals surface area contributed by atoms with E-state index in [2.05, 4.69) is 43.0 Å². The van der Waals surface area contributed by atoms with Gasteiger partial charge in [-0.3, -0.25) is 0 Å². The summed E-state index contributed by atoms with van der Waals surface area (Å²) in [7, 11) is 0. The fraction of sp³-hybridized carbons (Fsp3) is 0.600. The highest BCUT2D eigenvalue weighted by Crippen LogP contribution is 2.18. The van der Waals surface area contributed by atoms with E-state index in [1.165, 1.54) is 0 Å². The van der Waals surface area contributed by atoms with Gasteiger partial charge in [-0.05, 0) is 6.92 Å². The van der Waals surface area contributed by atoms with Crippen LogP contribution >= 0.6 is 0 Å². The first-order valence-corrected chi connectivity index (χ1v) is 6.87. The van der Waals surface area contributed by atoms with E-state index < -0.39 is 0 Å². The molecule has 1 aromatic heterocycles. The number of allylic oxidation sites excluding steroid dienone is 1. The van der Waals surface area contributed by atoms with Gasteiger partial charge in [-0.1, -0.05) is 39.8 Å². The average molecular weight is 263 g/mol.